The molecule has 148 valence electrons. The van der Waals surface area contributed by atoms with Gasteiger partial charge in [0.1, 0.15) is 22.1 Å². The second kappa shape index (κ2) is 7.52. The maximum absolute atomic E-state index is 13.5. The van der Waals surface area contributed by atoms with Gasteiger partial charge in [-0.15, -0.1) is 0 Å². The lowest BCUT2D eigenvalue weighted by atomic mass is 10.2. The van der Waals surface area contributed by atoms with E-state index in [1.807, 2.05) is 0 Å². The van der Waals surface area contributed by atoms with Crippen LogP contribution < -0.4 is 11.5 Å². The first-order valence-corrected chi connectivity index (χ1v) is 8.84. The number of alkyl halides is 4. The van der Waals surface area contributed by atoms with Crippen LogP contribution in [0.1, 0.15) is 18.2 Å². The first-order valence-electron chi connectivity index (χ1n) is 6.87. The fourth-order valence-corrected chi connectivity index (χ4v) is 3.69. The minimum atomic E-state index is -4.71. The molecule has 0 spiro atoms. The second-order valence-electron chi connectivity index (χ2n) is 5.09. The molecule has 5 N–H and O–H groups in total. The molecule has 2 atom stereocenters. The van der Waals surface area contributed by atoms with Gasteiger partial charge in [0.15, 0.2) is 11.3 Å². The van der Waals surface area contributed by atoms with E-state index in [9.17, 15) is 21.8 Å². The van der Waals surface area contributed by atoms with Crippen LogP contribution in [0.4, 0.5) is 23.4 Å². The van der Waals surface area contributed by atoms with E-state index in [1.165, 1.54) is 0 Å². The second-order valence-corrected chi connectivity index (χ2v) is 7.55. The lowest BCUT2D eigenvalue weighted by Gasteiger charge is -2.13. The van der Waals surface area contributed by atoms with Crippen LogP contribution in [0.15, 0.2) is 22.2 Å². The van der Waals surface area contributed by atoms with E-state index in [4.69, 9.17) is 39.9 Å². The van der Waals surface area contributed by atoms with Crippen LogP contribution in [0, 0.1) is 0 Å². The van der Waals surface area contributed by atoms with E-state index >= 15 is 0 Å². The van der Waals surface area contributed by atoms with Crippen LogP contribution in [-0.4, -0.2) is 30.5 Å². The summed E-state index contributed by atoms with van der Waals surface area (Å²) in [4.78, 5) is -0.424. The number of benzene rings is 1. The molecule has 1 aromatic heterocycles. The Balaban J connectivity index is 2.80. The summed E-state index contributed by atoms with van der Waals surface area (Å²) in [6, 6.07) is 1.17. The third kappa shape index (κ3) is 3.96. The van der Waals surface area contributed by atoms with Gasteiger partial charge in [0, 0.05) is 0 Å². The summed E-state index contributed by atoms with van der Waals surface area (Å²) in [5.41, 5.74) is 7.53. The topological polar surface area (TPSA) is 120 Å². The normalized spacial score (nSPS) is 15.0. The summed E-state index contributed by atoms with van der Waals surface area (Å²) < 4.78 is 65.1. The summed E-state index contributed by atoms with van der Waals surface area (Å²) in [6.45, 7) is 0.973. The monoisotopic (exact) mass is 447 g/mol. The van der Waals surface area contributed by atoms with Crippen LogP contribution in [-0.2, 0) is 17.0 Å². The van der Waals surface area contributed by atoms with Crippen molar-refractivity contribution < 1.29 is 27.0 Å². The van der Waals surface area contributed by atoms with Gasteiger partial charge in [-0.05, 0) is 19.1 Å². The highest BCUT2D eigenvalue weighted by atomic mass is 35.5. The van der Waals surface area contributed by atoms with E-state index in [-0.39, 0.29) is 5.69 Å². The molecule has 0 aliphatic heterocycles. The SMILES string of the molecule is CC(F)S(=O)c1c(/C(N)=N\O)nn(-c2c(Cl)cc(C(F)(F)F)cc2Cl)c1N. The number of hydrogen-bond donors (Lipinski definition) is 3. The van der Waals surface area contributed by atoms with Crippen molar-refractivity contribution in [1.82, 2.24) is 9.78 Å². The highest BCUT2D eigenvalue weighted by Gasteiger charge is 2.34. The quantitative estimate of drug-likeness (QED) is 0.218. The highest BCUT2D eigenvalue weighted by Crippen LogP contribution is 2.39. The van der Waals surface area contributed by atoms with Gasteiger partial charge >= 0.3 is 6.18 Å². The highest BCUT2D eigenvalue weighted by molar-refractivity contribution is 7.85. The molecule has 0 fully saturated rings. The summed E-state index contributed by atoms with van der Waals surface area (Å²) in [5, 5.41) is 14.4. The molecular weight excluding hydrogens is 437 g/mol. The molecule has 0 bridgehead atoms. The summed E-state index contributed by atoms with van der Waals surface area (Å²) in [6.07, 6.45) is -4.71. The van der Waals surface area contributed by atoms with Crippen molar-refractivity contribution in [2.24, 2.45) is 10.9 Å². The Morgan fingerprint density at radius 3 is 2.30 bits per heavy atom. The minimum absolute atomic E-state index is 0.286. The number of hydrogen-bond acceptors (Lipinski definition) is 5. The number of halogens is 6. The van der Waals surface area contributed by atoms with Gasteiger partial charge in [-0.1, -0.05) is 28.4 Å². The maximum atomic E-state index is 13.5. The van der Waals surface area contributed by atoms with E-state index in [0.29, 0.717) is 12.1 Å². The number of nitrogen functional groups attached to an aromatic ring is 1. The molecule has 0 aliphatic carbocycles. The molecule has 2 rings (SSSR count). The zero-order chi connectivity index (χ0) is 20.7. The molecule has 1 heterocycles. The molecule has 2 aromatic rings. The lowest BCUT2D eigenvalue weighted by molar-refractivity contribution is -0.137. The Kier molecular flexibility index (Phi) is 5.92. The summed E-state index contributed by atoms with van der Waals surface area (Å²) >= 11 is 11.8. The Morgan fingerprint density at radius 2 is 1.89 bits per heavy atom. The van der Waals surface area contributed by atoms with Gasteiger partial charge < -0.3 is 16.7 Å². The lowest BCUT2D eigenvalue weighted by Crippen LogP contribution is -2.18. The number of anilines is 1. The molecule has 0 saturated heterocycles. The summed E-state index contributed by atoms with van der Waals surface area (Å²) in [5.74, 6) is -1.11. The molecule has 14 heteroatoms. The number of oxime groups is 1. The van der Waals surface area contributed by atoms with Crippen molar-refractivity contribution in [1.29, 1.82) is 0 Å². The van der Waals surface area contributed by atoms with E-state index in [1.54, 1.807) is 0 Å². The Hall–Kier alpha value is -2.05. The van der Waals surface area contributed by atoms with E-state index in [2.05, 4.69) is 10.3 Å². The predicted molar refractivity (Wildman–Crippen MR) is 92.5 cm³/mol. The van der Waals surface area contributed by atoms with E-state index < -0.39 is 60.3 Å². The van der Waals surface area contributed by atoms with Crippen LogP contribution in [0.5, 0.6) is 0 Å². The van der Waals surface area contributed by atoms with Crippen molar-refractivity contribution >= 4 is 45.7 Å². The predicted octanol–water partition coefficient (Wildman–Crippen LogP) is 3.30. The van der Waals surface area contributed by atoms with Crippen LogP contribution in [0.2, 0.25) is 10.0 Å². The van der Waals surface area contributed by atoms with Crippen LogP contribution >= 0.6 is 23.2 Å². The number of nitrogens with zero attached hydrogens (tertiary/aromatic N) is 3. The van der Waals surface area contributed by atoms with Crippen molar-refractivity contribution in [3.8, 4) is 5.69 Å². The Labute approximate surface area is 162 Å². The van der Waals surface area contributed by atoms with Gasteiger partial charge in [-0.2, -0.15) is 18.3 Å². The largest absolute Gasteiger partial charge is 0.416 e. The zero-order valence-electron chi connectivity index (χ0n) is 13.3. The fraction of sp³-hybridized carbons (Fsp3) is 0.231. The molecule has 0 saturated carbocycles. The zero-order valence-corrected chi connectivity index (χ0v) is 15.6. The molecule has 0 radical (unpaired) electrons. The van der Waals surface area contributed by atoms with Crippen molar-refractivity contribution in [3.63, 3.8) is 0 Å². The molecule has 0 aliphatic rings. The third-order valence-electron chi connectivity index (χ3n) is 3.28. The molecule has 27 heavy (non-hydrogen) atoms. The molecule has 7 nitrogen and oxygen atoms in total. The van der Waals surface area contributed by atoms with Crippen LogP contribution in [0.3, 0.4) is 0 Å². The van der Waals surface area contributed by atoms with Gasteiger partial charge in [0.2, 0.25) is 0 Å². The average molecular weight is 448 g/mol. The third-order valence-corrected chi connectivity index (χ3v) is 5.25. The van der Waals surface area contributed by atoms with Crippen molar-refractivity contribution in [2.45, 2.75) is 23.5 Å². The summed E-state index contributed by atoms with van der Waals surface area (Å²) in [7, 11) is -2.38. The standard InChI is InChI=1S/C13H11Cl2F4N5O2S/c1-4(16)27(26)10-8(11(20)23-25)22-24(12(10)21)9-6(14)2-5(3-7(9)15)13(17,18)19/h2-4,25H,21H2,1H3,(H2,20,23). The molecular formula is C13H11Cl2F4N5O2S. The Morgan fingerprint density at radius 1 is 1.37 bits per heavy atom. The number of amidine groups is 1. The first-order chi connectivity index (χ1) is 12.4. The van der Waals surface area contributed by atoms with E-state index in [0.717, 1.165) is 11.6 Å². The average Bonchev–Trinajstić information content (AvgIpc) is 2.89. The Bertz CT molecular complexity index is 923. The van der Waals surface area contributed by atoms with Gasteiger partial charge in [-0.3, -0.25) is 4.21 Å². The maximum Gasteiger partial charge on any atom is 0.416 e. The fourth-order valence-electron chi connectivity index (χ4n) is 2.09. The van der Waals surface area contributed by atoms with Crippen molar-refractivity contribution in [3.05, 3.63) is 33.4 Å². The minimum Gasteiger partial charge on any atom is -0.409 e. The number of aromatic nitrogens is 2. The number of nitrogens with two attached hydrogens (primary N) is 2. The van der Waals surface area contributed by atoms with Crippen LogP contribution in [0.25, 0.3) is 5.69 Å². The van der Waals surface area contributed by atoms with Gasteiger partial charge in [0.05, 0.1) is 26.4 Å². The smallest absolute Gasteiger partial charge is 0.409 e. The van der Waals surface area contributed by atoms with Gasteiger partial charge in [0.25, 0.3) is 0 Å². The molecule has 0 amide bonds. The molecule has 1 aromatic carbocycles. The van der Waals surface area contributed by atoms with Gasteiger partial charge in [-0.25, -0.2) is 9.07 Å². The first kappa shape index (κ1) is 21.3. The molecule has 2 unspecified atom stereocenters. The number of rotatable bonds is 4. The van der Waals surface area contributed by atoms with Crippen molar-refractivity contribution in [2.75, 3.05) is 5.73 Å².